The Morgan fingerprint density at radius 2 is 0.543 bits per heavy atom. The Bertz CT molecular complexity index is 1370. The third-order valence-corrected chi connectivity index (χ3v) is 9.51. The zero-order valence-electron chi connectivity index (χ0n) is 42.6. The topological polar surface area (TPSA) is 182 Å². The van der Waals surface area contributed by atoms with E-state index < -0.39 is 0 Å². The summed E-state index contributed by atoms with van der Waals surface area (Å²) in [6.07, 6.45) is 6.19. The van der Waals surface area contributed by atoms with Gasteiger partial charge in [0, 0.05) is 7.11 Å². The molecule has 0 amide bonds. The molecule has 0 unspecified atom stereocenters. The lowest BCUT2D eigenvalue weighted by molar-refractivity contribution is -0.0303. The fourth-order valence-electron chi connectivity index (χ4n) is 5.75. The summed E-state index contributed by atoms with van der Waals surface area (Å²) in [6, 6.07) is 15.9. The third kappa shape index (κ3) is 43.9. The van der Waals surface area contributed by atoms with Crippen LogP contribution in [0.5, 0.6) is 5.75 Å². The maximum absolute atomic E-state index is 5.77. The van der Waals surface area contributed by atoms with Crippen LogP contribution in [0.15, 0.2) is 58.8 Å². The number of aryl methyl sites for hydroxylation is 1. The number of ether oxygens (including phenoxy) is 17. The van der Waals surface area contributed by atoms with Crippen molar-refractivity contribution in [1.29, 1.82) is 0 Å². The lowest BCUT2D eigenvalue weighted by Crippen LogP contribution is -2.16. The highest BCUT2D eigenvalue weighted by molar-refractivity contribution is 5.43. The molecule has 0 radical (unpaired) electrons. The van der Waals surface area contributed by atoms with Crippen molar-refractivity contribution in [2.45, 2.75) is 39.0 Å². The molecule has 2 rings (SSSR count). The highest BCUT2D eigenvalue weighted by atomic mass is 16.6. The Kier molecular flexibility index (Phi) is 47.5. The van der Waals surface area contributed by atoms with Crippen molar-refractivity contribution in [2.24, 2.45) is 10.2 Å². The largest absolute Gasteiger partial charge is 0.491 e. The van der Waals surface area contributed by atoms with Crippen molar-refractivity contribution in [3.63, 3.8) is 0 Å². The summed E-state index contributed by atoms with van der Waals surface area (Å²) in [5, 5.41) is 8.70. The summed E-state index contributed by atoms with van der Waals surface area (Å²) < 4.78 is 93.2. The number of hydrogen-bond acceptors (Lipinski definition) is 19. The molecule has 19 heteroatoms. The normalized spacial score (nSPS) is 11.7. The number of nitrogens with zero attached hydrogens (tertiary/aromatic N) is 2. The minimum atomic E-state index is 0.445. The summed E-state index contributed by atoms with van der Waals surface area (Å²) in [5.74, 6) is 0.757. The fraction of sp³-hybridized carbons (Fsp3) is 0.765. The lowest BCUT2D eigenvalue weighted by atomic mass is 10.1. The molecule has 0 spiro atoms. The molecule has 2 aromatic rings. The molecule has 19 nitrogen and oxygen atoms in total. The van der Waals surface area contributed by atoms with E-state index in [0.717, 1.165) is 23.5 Å². The van der Waals surface area contributed by atoms with Crippen LogP contribution in [0, 0.1) is 0 Å². The summed E-state index contributed by atoms with van der Waals surface area (Å²) in [6.45, 7) is 18.4. The fourth-order valence-corrected chi connectivity index (χ4v) is 5.75. The van der Waals surface area contributed by atoms with Crippen molar-refractivity contribution in [3.05, 3.63) is 54.1 Å². The number of azo groups is 1. The molecule has 0 saturated heterocycles. The highest BCUT2D eigenvalue weighted by Crippen LogP contribution is 2.22. The van der Waals surface area contributed by atoms with Crippen LogP contribution >= 0.6 is 0 Å². The summed E-state index contributed by atoms with van der Waals surface area (Å²) in [7, 11) is 1.65. The minimum absolute atomic E-state index is 0.445. The van der Waals surface area contributed by atoms with E-state index >= 15 is 0 Å². The summed E-state index contributed by atoms with van der Waals surface area (Å²) in [5.41, 5.74) is 2.96. The van der Waals surface area contributed by atoms with E-state index in [9.17, 15) is 0 Å². The van der Waals surface area contributed by atoms with Crippen LogP contribution in [0.3, 0.4) is 0 Å². The van der Waals surface area contributed by atoms with Gasteiger partial charge in [-0.05, 0) is 54.8 Å². The van der Waals surface area contributed by atoms with Gasteiger partial charge in [-0.1, -0.05) is 38.3 Å². The first-order valence-electron chi connectivity index (χ1n) is 25.2. The predicted molar refractivity (Wildman–Crippen MR) is 265 cm³/mol. The van der Waals surface area contributed by atoms with Gasteiger partial charge in [0.05, 0.1) is 216 Å². The zero-order valence-corrected chi connectivity index (χ0v) is 42.6. The van der Waals surface area contributed by atoms with Gasteiger partial charge < -0.3 is 80.5 Å². The molecule has 70 heavy (non-hydrogen) atoms. The maximum atomic E-state index is 5.77. The average molecular weight is 1000 g/mol. The molecule has 0 aliphatic carbocycles. The second kappa shape index (κ2) is 52.5. The first-order valence-corrected chi connectivity index (χ1v) is 25.2. The van der Waals surface area contributed by atoms with Gasteiger partial charge in [0.2, 0.25) is 0 Å². The van der Waals surface area contributed by atoms with Gasteiger partial charge in [-0.15, -0.1) is 0 Å². The van der Waals surface area contributed by atoms with Crippen LogP contribution in [0.25, 0.3) is 0 Å². The van der Waals surface area contributed by atoms with Gasteiger partial charge in [-0.3, -0.25) is 0 Å². The highest BCUT2D eigenvalue weighted by Gasteiger charge is 2.01. The standard InChI is InChI=1S/C51H88N2O17/c1-3-4-5-6-7-48-8-10-49(11-9-48)52-53-50-12-14-51(15-13-50)70-47-46-69-45-44-68-43-42-67-41-40-66-39-38-65-37-36-64-35-34-63-33-32-62-31-30-61-29-28-60-27-26-59-25-24-58-23-22-57-21-20-56-19-18-55-17-16-54-2/h8-15H,3-7,16-47H2,1-2H3. The van der Waals surface area contributed by atoms with E-state index in [0.29, 0.717) is 211 Å². The van der Waals surface area contributed by atoms with Crippen LogP contribution in [0.4, 0.5) is 11.4 Å². The van der Waals surface area contributed by atoms with Crippen molar-refractivity contribution in [2.75, 3.05) is 219 Å². The molecular formula is C51H88N2O17. The van der Waals surface area contributed by atoms with Crippen LogP contribution in [0.2, 0.25) is 0 Å². The molecule has 0 aliphatic heterocycles. The van der Waals surface area contributed by atoms with Crippen molar-refractivity contribution in [1.82, 2.24) is 0 Å². The van der Waals surface area contributed by atoms with E-state index in [1.807, 2.05) is 36.4 Å². The van der Waals surface area contributed by atoms with Gasteiger partial charge >= 0.3 is 0 Å². The number of rotatable bonds is 56. The molecule has 0 bridgehead atoms. The van der Waals surface area contributed by atoms with E-state index in [-0.39, 0.29) is 0 Å². The van der Waals surface area contributed by atoms with Gasteiger partial charge in [0.1, 0.15) is 12.4 Å². The number of hydrogen-bond donors (Lipinski definition) is 0. The van der Waals surface area contributed by atoms with E-state index in [1.165, 1.54) is 31.2 Å². The molecule has 0 aromatic heterocycles. The van der Waals surface area contributed by atoms with Crippen molar-refractivity contribution >= 4 is 11.4 Å². The second-order valence-electron chi connectivity index (χ2n) is 15.2. The van der Waals surface area contributed by atoms with E-state index in [2.05, 4.69) is 29.3 Å². The lowest BCUT2D eigenvalue weighted by Gasteiger charge is -2.09. The van der Waals surface area contributed by atoms with Crippen LogP contribution in [0.1, 0.15) is 38.2 Å². The minimum Gasteiger partial charge on any atom is -0.491 e. The Morgan fingerprint density at radius 1 is 0.286 bits per heavy atom. The molecule has 0 fully saturated rings. The Balaban J connectivity index is 1.17. The Labute approximate surface area is 418 Å². The molecule has 0 heterocycles. The average Bonchev–Trinajstić information content (AvgIpc) is 3.38. The first-order chi connectivity index (χ1) is 34.8. The van der Waals surface area contributed by atoms with Gasteiger partial charge in [0.15, 0.2) is 0 Å². The van der Waals surface area contributed by atoms with Crippen LogP contribution in [-0.4, -0.2) is 219 Å². The second-order valence-corrected chi connectivity index (χ2v) is 15.2. The molecule has 0 atom stereocenters. The third-order valence-electron chi connectivity index (χ3n) is 9.51. The van der Waals surface area contributed by atoms with Crippen LogP contribution < -0.4 is 4.74 Å². The van der Waals surface area contributed by atoms with Gasteiger partial charge in [-0.25, -0.2) is 0 Å². The molecule has 0 saturated carbocycles. The van der Waals surface area contributed by atoms with Crippen molar-refractivity contribution < 1.29 is 80.5 Å². The molecule has 2 aromatic carbocycles. The Hall–Kier alpha value is -2.80. The van der Waals surface area contributed by atoms with Crippen molar-refractivity contribution in [3.8, 4) is 5.75 Å². The number of methoxy groups -OCH3 is 1. The molecular weight excluding hydrogens is 913 g/mol. The predicted octanol–water partition coefficient (Wildman–Crippen LogP) is 6.50. The number of unbranched alkanes of at least 4 members (excludes halogenated alkanes) is 3. The van der Waals surface area contributed by atoms with Crippen LogP contribution in [-0.2, 0) is 82.2 Å². The van der Waals surface area contributed by atoms with E-state index in [4.69, 9.17) is 80.5 Å². The SMILES string of the molecule is CCCCCCc1ccc(N=Nc2ccc(OCCOCCOCCOCCOCCOCCOCCOCCOCCOCCOCCOCCOCCOCCOCCOCCOC)cc2)cc1. The number of benzene rings is 2. The summed E-state index contributed by atoms with van der Waals surface area (Å²) in [4.78, 5) is 0. The maximum Gasteiger partial charge on any atom is 0.119 e. The Morgan fingerprint density at radius 3 is 0.814 bits per heavy atom. The van der Waals surface area contributed by atoms with Gasteiger partial charge in [0.25, 0.3) is 0 Å². The first kappa shape index (κ1) is 63.3. The summed E-state index contributed by atoms with van der Waals surface area (Å²) >= 11 is 0. The smallest absolute Gasteiger partial charge is 0.119 e. The van der Waals surface area contributed by atoms with Gasteiger partial charge in [-0.2, -0.15) is 10.2 Å². The monoisotopic (exact) mass is 1000 g/mol. The zero-order chi connectivity index (χ0) is 49.6. The quantitative estimate of drug-likeness (QED) is 0.0517. The molecule has 404 valence electrons. The molecule has 0 aliphatic rings. The van der Waals surface area contributed by atoms with E-state index in [1.54, 1.807) is 7.11 Å². The molecule has 0 N–H and O–H groups in total.